The van der Waals surface area contributed by atoms with Crippen molar-refractivity contribution in [3.8, 4) is 5.75 Å². The standard InChI is InChI=1S/C27H26BrN3O3/c1-33-27(32)20-8-12-23(13-9-20)34-17-3-15-31-16-14-30-26(31)24-5-2-4-21(25(24)29)18-19-6-10-22(28)11-7-19/h2,4-14,16,21,29H,3,15,17-18H2,1H3. The van der Waals surface area contributed by atoms with E-state index in [-0.39, 0.29) is 11.9 Å². The van der Waals surface area contributed by atoms with Crippen LogP contribution in [0.4, 0.5) is 0 Å². The summed E-state index contributed by atoms with van der Waals surface area (Å²) in [4.78, 5) is 16.1. The second-order valence-corrected chi connectivity index (χ2v) is 8.89. The number of allylic oxidation sites excluding steroid dienone is 4. The van der Waals surface area contributed by atoms with E-state index in [2.05, 4.69) is 43.7 Å². The molecule has 174 valence electrons. The maximum absolute atomic E-state index is 11.5. The normalized spacial score (nSPS) is 15.2. The number of halogens is 1. The van der Waals surface area contributed by atoms with Crippen molar-refractivity contribution in [2.45, 2.75) is 19.4 Å². The molecule has 0 radical (unpaired) electrons. The van der Waals surface area contributed by atoms with Gasteiger partial charge in [-0.2, -0.15) is 0 Å². The van der Waals surface area contributed by atoms with Crippen LogP contribution in [0.3, 0.4) is 0 Å². The highest BCUT2D eigenvalue weighted by Gasteiger charge is 2.23. The summed E-state index contributed by atoms with van der Waals surface area (Å²) in [6.45, 7) is 1.25. The molecule has 1 aliphatic carbocycles. The van der Waals surface area contributed by atoms with Crippen LogP contribution in [0.25, 0.3) is 5.57 Å². The van der Waals surface area contributed by atoms with Crippen LogP contribution in [0, 0.1) is 11.3 Å². The van der Waals surface area contributed by atoms with Crippen LogP contribution in [0.15, 0.2) is 83.6 Å². The number of imidazole rings is 1. The fourth-order valence-corrected chi connectivity index (χ4v) is 4.14. The van der Waals surface area contributed by atoms with Crippen LogP contribution < -0.4 is 4.74 Å². The average Bonchev–Trinajstić information content (AvgIpc) is 3.32. The number of aryl methyl sites for hydroxylation is 1. The molecule has 1 aromatic heterocycles. The van der Waals surface area contributed by atoms with E-state index in [4.69, 9.17) is 14.9 Å². The largest absolute Gasteiger partial charge is 0.494 e. The lowest BCUT2D eigenvalue weighted by atomic mass is 9.86. The number of carbonyl (C=O) groups excluding carboxylic acids is 1. The summed E-state index contributed by atoms with van der Waals surface area (Å²) in [7, 11) is 1.36. The predicted octanol–water partition coefficient (Wildman–Crippen LogP) is 5.73. The van der Waals surface area contributed by atoms with E-state index in [1.807, 2.05) is 30.5 Å². The number of methoxy groups -OCH3 is 1. The summed E-state index contributed by atoms with van der Waals surface area (Å²) in [5, 5.41) is 8.81. The number of hydrogen-bond acceptors (Lipinski definition) is 5. The molecule has 34 heavy (non-hydrogen) atoms. The SMILES string of the molecule is COC(=O)c1ccc(OCCCn2ccnc2C2=CC=CC(Cc3ccc(Br)cc3)C2=N)cc1. The smallest absolute Gasteiger partial charge is 0.337 e. The van der Waals surface area contributed by atoms with Crippen molar-refractivity contribution in [1.29, 1.82) is 5.41 Å². The van der Waals surface area contributed by atoms with Gasteiger partial charge in [0.2, 0.25) is 0 Å². The van der Waals surface area contributed by atoms with E-state index in [1.165, 1.54) is 12.7 Å². The Bertz CT molecular complexity index is 1210. The Balaban J connectivity index is 1.33. The number of nitrogens with zero attached hydrogens (tertiary/aromatic N) is 2. The zero-order valence-electron chi connectivity index (χ0n) is 18.9. The molecule has 1 aliphatic rings. The quantitative estimate of drug-likeness (QED) is 0.289. The lowest BCUT2D eigenvalue weighted by Crippen LogP contribution is -2.20. The van der Waals surface area contributed by atoms with Gasteiger partial charge in [-0.1, -0.05) is 40.2 Å². The fraction of sp³-hybridized carbons (Fsp3) is 0.222. The third-order valence-corrected chi connectivity index (χ3v) is 6.21. The Morgan fingerprint density at radius 1 is 1.15 bits per heavy atom. The molecule has 0 spiro atoms. The van der Waals surface area contributed by atoms with Gasteiger partial charge in [0.25, 0.3) is 0 Å². The molecule has 0 saturated heterocycles. The first-order valence-electron chi connectivity index (χ1n) is 11.1. The first-order chi connectivity index (χ1) is 16.5. The molecule has 1 N–H and O–H groups in total. The van der Waals surface area contributed by atoms with Crippen molar-refractivity contribution in [3.05, 3.63) is 101 Å². The van der Waals surface area contributed by atoms with E-state index in [0.29, 0.717) is 23.6 Å². The van der Waals surface area contributed by atoms with E-state index in [0.717, 1.165) is 35.3 Å². The van der Waals surface area contributed by atoms with Gasteiger partial charge in [0.15, 0.2) is 0 Å². The van der Waals surface area contributed by atoms with Gasteiger partial charge in [0, 0.05) is 40.6 Å². The van der Waals surface area contributed by atoms with E-state index in [1.54, 1.807) is 30.5 Å². The molecular formula is C27H26BrN3O3. The van der Waals surface area contributed by atoms with Gasteiger partial charge < -0.3 is 19.5 Å². The van der Waals surface area contributed by atoms with Gasteiger partial charge in [-0.3, -0.25) is 0 Å². The number of esters is 1. The third kappa shape index (κ3) is 5.72. The molecule has 7 heteroatoms. The Kier molecular flexibility index (Phi) is 7.75. The van der Waals surface area contributed by atoms with Crippen LogP contribution in [-0.4, -0.2) is 34.9 Å². The molecule has 1 atom stereocenters. The molecule has 0 saturated carbocycles. The molecule has 3 aromatic rings. The number of rotatable bonds is 9. The zero-order chi connectivity index (χ0) is 23.9. The van der Waals surface area contributed by atoms with Crippen LogP contribution in [0.2, 0.25) is 0 Å². The summed E-state index contributed by atoms with van der Waals surface area (Å²) in [6.07, 6.45) is 11.4. The highest BCUT2D eigenvalue weighted by molar-refractivity contribution is 9.10. The van der Waals surface area contributed by atoms with Gasteiger partial charge in [-0.05, 0) is 60.9 Å². The minimum atomic E-state index is -0.365. The molecule has 4 rings (SSSR count). The fourth-order valence-electron chi connectivity index (χ4n) is 3.88. The number of hydrogen-bond donors (Lipinski definition) is 1. The Morgan fingerprint density at radius 2 is 1.91 bits per heavy atom. The minimum Gasteiger partial charge on any atom is -0.494 e. The van der Waals surface area contributed by atoms with Crippen LogP contribution in [0.5, 0.6) is 5.75 Å². The number of aromatic nitrogens is 2. The van der Waals surface area contributed by atoms with Crippen LogP contribution >= 0.6 is 15.9 Å². The van der Waals surface area contributed by atoms with Crippen molar-refractivity contribution >= 4 is 33.2 Å². The van der Waals surface area contributed by atoms with Crippen molar-refractivity contribution in [1.82, 2.24) is 9.55 Å². The van der Waals surface area contributed by atoms with E-state index < -0.39 is 0 Å². The predicted molar refractivity (Wildman–Crippen MR) is 136 cm³/mol. The monoisotopic (exact) mass is 519 g/mol. The second-order valence-electron chi connectivity index (χ2n) is 7.98. The van der Waals surface area contributed by atoms with E-state index >= 15 is 0 Å². The number of ether oxygens (including phenoxy) is 2. The van der Waals surface area contributed by atoms with Crippen molar-refractivity contribution in [2.24, 2.45) is 5.92 Å². The molecular weight excluding hydrogens is 494 g/mol. The lowest BCUT2D eigenvalue weighted by molar-refractivity contribution is 0.0600. The van der Waals surface area contributed by atoms with Crippen molar-refractivity contribution in [3.63, 3.8) is 0 Å². The molecule has 0 aliphatic heterocycles. The molecule has 0 amide bonds. The second kappa shape index (κ2) is 11.1. The molecule has 2 aromatic carbocycles. The highest BCUT2D eigenvalue weighted by Crippen LogP contribution is 2.26. The first-order valence-corrected chi connectivity index (χ1v) is 11.9. The summed E-state index contributed by atoms with van der Waals surface area (Å²) in [5.41, 5.74) is 3.13. The molecule has 1 heterocycles. The van der Waals surface area contributed by atoms with Crippen molar-refractivity contribution in [2.75, 3.05) is 13.7 Å². The first kappa shape index (κ1) is 23.7. The lowest BCUT2D eigenvalue weighted by Gasteiger charge is -2.21. The van der Waals surface area contributed by atoms with Crippen molar-refractivity contribution < 1.29 is 14.3 Å². The van der Waals surface area contributed by atoms with Gasteiger partial charge in [0.05, 0.1) is 19.3 Å². The van der Waals surface area contributed by atoms with Crippen LogP contribution in [-0.2, 0) is 17.7 Å². The maximum Gasteiger partial charge on any atom is 0.337 e. The van der Waals surface area contributed by atoms with Gasteiger partial charge in [-0.25, -0.2) is 9.78 Å². The van der Waals surface area contributed by atoms with Gasteiger partial charge in [0.1, 0.15) is 11.6 Å². The maximum atomic E-state index is 11.5. The zero-order valence-corrected chi connectivity index (χ0v) is 20.5. The third-order valence-electron chi connectivity index (χ3n) is 5.68. The Hall–Kier alpha value is -3.45. The summed E-state index contributed by atoms with van der Waals surface area (Å²) >= 11 is 3.47. The van der Waals surface area contributed by atoms with Gasteiger partial charge in [-0.15, -0.1) is 0 Å². The van der Waals surface area contributed by atoms with Gasteiger partial charge >= 0.3 is 5.97 Å². The molecule has 0 fully saturated rings. The summed E-state index contributed by atoms with van der Waals surface area (Å²) in [5.74, 6) is 1.16. The highest BCUT2D eigenvalue weighted by atomic mass is 79.9. The Labute approximate surface area is 207 Å². The molecule has 0 bridgehead atoms. The number of benzene rings is 2. The summed E-state index contributed by atoms with van der Waals surface area (Å²) in [6, 6.07) is 15.2. The average molecular weight is 520 g/mol. The molecule has 1 unspecified atom stereocenters. The minimum absolute atomic E-state index is 0.0163. The number of nitrogens with one attached hydrogen (secondary N) is 1. The summed E-state index contributed by atoms with van der Waals surface area (Å²) < 4.78 is 13.6. The number of carbonyl (C=O) groups is 1. The van der Waals surface area contributed by atoms with Crippen LogP contribution in [0.1, 0.15) is 28.2 Å². The molecule has 6 nitrogen and oxygen atoms in total. The van der Waals surface area contributed by atoms with E-state index in [9.17, 15) is 4.79 Å². The Morgan fingerprint density at radius 3 is 2.65 bits per heavy atom. The topological polar surface area (TPSA) is 77.2 Å².